The molecule has 0 spiro atoms. The first-order valence-electron chi connectivity index (χ1n) is 6.76. The normalized spacial score (nSPS) is 11.6. The Bertz CT molecular complexity index is 202. The highest BCUT2D eigenvalue weighted by atomic mass is 16.2. The molecule has 1 amide bonds. The molecule has 17 heavy (non-hydrogen) atoms. The minimum absolute atomic E-state index is 0.199. The summed E-state index contributed by atoms with van der Waals surface area (Å²) in [5.41, 5.74) is 0. The summed E-state index contributed by atoms with van der Waals surface area (Å²) in [6.07, 6.45) is 2.97. The van der Waals surface area contributed by atoms with Crippen LogP contribution >= 0.6 is 0 Å². The summed E-state index contributed by atoms with van der Waals surface area (Å²) in [4.78, 5) is 13.1. The van der Waals surface area contributed by atoms with Crippen LogP contribution in [-0.4, -0.2) is 37.5 Å². The summed E-state index contributed by atoms with van der Waals surface area (Å²) in [7, 11) is 3.62. The summed E-state index contributed by atoms with van der Waals surface area (Å²) in [5.74, 6) is 1.61. The molecule has 102 valence electrons. The quantitative estimate of drug-likeness (QED) is 0.709. The molecule has 0 unspecified atom stereocenters. The lowest BCUT2D eigenvalue weighted by Crippen LogP contribution is -2.35. The van der Waals surface area contributed by atoms with Crippen molar-refractivity contribution in [3.63, 3.8) is 0 Å². The molecule has 0 bridgehead atoms. The van der Waals surface area contributed by atoms with Crippen molar-refractivity contribution in [3.8, 4) is 0 Å². The molecule has 0 aromatic carbocycles. The maximum absolute atomic E-state index is 11.5. The van der Waals surface area contributed by atoms with Crippen molar-refractivity contribution in [1.82, 2.24) is 10.2 Å². The van der Waals surface area contributed by atoms with Gasteiger partial charge in [-0.25, -0.2) is 0 Å². The van der Waals surface area contributed by atoms with Gasteiger partial charge in [0.15, 0.2) is 0 Å². The van der Waals surface area contributed by atoms with Crippen molar-refractivity contribution < 1.29 is 4.79 Å². The SMILES string of the molecule is CC(C)CC(CC(C)C)NCCC(=O)N(C)C. The number of nitrogens with zero attached hydrogens (tertiary/aromatic N) is 1. The zero-order chi connectivity index (χ0) is 13.4. The second kappa shape index (κ2) is 8.51. The third-order valence-electron chi connectivity index (χ3n) is 2.78. The molecule has 0 heterocycles. The number of amides is 1. The van der Waals surface area contributed by atoms with E-state index in [1.807, 2.05) is 14.1 Å². The molecule has 3 heteroatoms. The van der Waals surface area contributed by atoms with Crippen molar-refractivity contribution in [2.75, 3.05) is 20.6 Å². The van der Waals surface area contributed by atoms with Crippen LogP contribution < -0.4 is 5.32 Å². The van der Waals surface area contributed by atoms with E-state index in [0.29, 0.717) is 24.3 Å². The minimum atomic E-state index is 0.199. The number of rotatable bonds is 8. The Morgan fingerprint density at radius 3 is 1.88 bits per heavy atom. The van der Waals surface area contributed by atoms with Crippen LogP contribution in [0.1, 0.15) is 47.0 Å². The second-order valence-electron chi connectivity index (χ2n) is 5.95. The van der Waals surface area contributed by atoms with E-state index in [0.717, 1.165) is 6.54 Å². The molecule has 0 aromatic rings. The van der Waals surface area contributed by atoms with Gasteiger partial charge in [-0.3, -0.25) is 4.79 Å². The van der Waals surface area contributed by atoms with E-state index in [1.165, 1.54) is 12.8 Å². The lowest BCUT2D eigenvalue weighted by atomic mass is 9.95. The maximum atomic E-state index is 11.5. The third kappa shape index (κ3) is 9.16. The third-order valence-corrected chi connectivity index (χ3v) is 2.78. The first kappa shape index (κ1) is 16.4. The number of carbonyl (C=O) groups excluding carboxylic acids is 1. The molecule has 0 saturated carbocycles. The van der Waals surface area contributed by atoms with E-state index in [1.54, 1.807) is 4.90 Å². The van der Waals surface area contributed by atoms with Gasteiger partial charge in [-0.2, -0.15) is 0 Å². The number of nitrogens with one attached hydrogen (secondary N) is 1. The molecule has 0 aliphatic carbocycles. The Labute approximate surface area is 107 Å². The van der Waals surface area contributed by atoms with Gasteiger partial charge in [-0.05, 0) is 24.7 Å². The minimum Gasteiger partial charge on any atom is -0.349 e. The van der Waals surface area contributed by atoms with Crippen LogP contribution in [0.15, 0.2) is 0 Å². The topological polar surface area (TPSA) is 32.3 Å². The van der Waals surface area contributed by atoms with E-state index in [-0.39, 0.29) is 5.91 Å². The highest BCUT2D eigenvalue weighted by Gasteiger charge is 2.13. The zero-order valence-electron chi connectivity index (χ0n) is 12.4. The van der Waals surface area contributed by atoms with Gasteiger partial charge in [0.25, 0.3) is 0 Å². The lowest BCUT2D eigenvalue weighted by molar-refractivity contribution is -0.128. The molecular formula is C14H30N2O. The van der Waals surface area contributed by atoms with Gasteiger partial charge in [0.05, 0.1) is 0 Å². The lowest BCUT2D eigenvalue weighted by Gasteiger charge is -2.22. The summed E-state index contributed by atoms with van der Waals surface area (Å²) >= 11 is 0. The molecule has 0 atom stereocenters. The molecule has 3 nitrogen and oxygen atoms in total. The highest BCUT2D eigenvalue weighted by molar-refractivity contribution is 5.75. The van der Waals surface area contributed by atoms with E-state index in [2.05, 4.69) is 33.0 Å². The second-order valence-corrected chi connectivity index (χ2v) is 5.95. The van der Waals surface area contributed by atoms with E-state index < -0.39 is 0 Å². The smallest absolute Gasteiger partial charge is 0.223 e. The molecular weight excluding hydrogens is 212 g/mol. The fraction of sp³-hybridized carbons (Fsp3) is 0.929. The Morgan fingerprint density at radius 2 is 1.53 bits per heavy atom. The molecule has 0 aliphatic rings. The summed E-state index contributed by atoms with van der Waals surface area (Å²) < 4.78 is 0. The molecule has 0 rings (SSSR count). The van der Waals surface area contributed by atoms with Crippen LogP contribution in [0.2, 0.25) is 0 Å². The van der Waals surface area contributed by atoms with Gasteiger partial charge in [0, 0.05) is 33.1 Å². The first-order valence-corrected chi connectivity index (χ1v) is 6.76. The van der Waals surface area contributed by atoms with E-state index >= 15 is 0 Å². The van der Waals surface area contributed by atoms with Crippen molar-refractivity contribution in [3.05, 3.63) is 0 Å². The number of hydrogen-bond donors (Lipinski definition) is 1. The highest BCUT2D eigenvalue weighted by Crippen LogP contribution is 2.13. The van der Waals surface area contributed by atoms with E-state index in [4.69, 9.17) is 0 Å². The predicted octanol–water partition coefficient (Wildman–Crippen LogP) is 2.52. The van der Waals surface area contributed by atoms with Gasteiger partial charge in [0.2, 0.25) is 5.91 Å². The van der Waals surface area contributed by atoms with Gasteiger partial charge in [-0.1, -0.05) is 27.7 Å². The first-order chi connectivity index (χ1) is 7.82. The summed E-state index contributed by atoms with van der Waals surface area (Å²) in [5, 5.41) is 3.52. The standard InChI is InChI=1S/C14H30N2O/c1-11(2)9-13(10-12(3)4)15-8-7-14(17)16(5)6/h11-13,15H,7-10H2,1-6H3. The molecule has 0 radical (unpaired) electrons. The number of hydrogen-bond acceptors (Lipinski definition) is 2. The largest absolute Gasteiger partial charge is 0.349 e. The fourth-order valence-electron chi connectivity index (χ4n) is 2.01. The summed E-state index contributed by atoms with van der Waals surface area (Å²) in [6.45, 7) is 9.79. The molecule has 0 saturated heterocycles. The van der Waals surface area contributed by atoms with Gasteiger partial charge < -0.3 is 10.2 Å². The Hall–Kier alpha value is -0.570. The average Bonchev–Trinajstić information content (AvgIpc) is 2.14. The maximum Gasteiger partial charge on any atom is 0.223 e. The van der Waals surface area contributed by atoms with Gasteiger partial charge in [-0.15, -0.1) is 0 Å². The average molecular weight is 242 g/mol. The summed E-state index contributed by atoms with van der Waals surface area (Å²) in [6, 6.07) is 0.546. The molecule has 1 N–H and O–H groups in total. The zero-order valence-corrected chi connectivity index (χ0v) is 12.4. The van der Waals surface area contributed by atoms with Crippen molar-refractivity contribution in [1.29, 1.82) is 0 Å². The monoisotopic (exact) mass is 242 g/mol. The van der Waals surface area contributed by atoms with Crippen molar-refractivity contribution in [2.24, 2.45) is 11.8 Å². The van der Waals surface area contributed by atoms with Crippen LogP contribution in [0.25, 0.3) is 0 Å². The Kier molecular flexibility index (Phi) is 8.23. The Morgan fingerprint density at radius 1 is 1.06 bits per heavy atom. The fourth-order valence-corrected chi connectivity index (χ4v) is 2.01. The molecule has 0 aliphatic heterocycles. The van der Waals surface area contributed by atoms with Crippen LogP contribution in [0.4, 0.5) is 0 Å². The van der Waals surface area contributed by atoms with Crippen molar-refractivity contribution >= 4 is 5.91 Å². The van der Waals surface area contributed by atoms with Gasteiger partial charge in [0.1, 0.15) is 0 Å². The van der Waals surface area contributed by atoms with Crippen LogP contribution in [0.5, 0.6) is 0 Å². The molecule has 0 fully saturated rings. The van der Waals surface area contributed by atoms with Crippen LogP contribution in [0.3, 0.4) is 0 Å². The number of carbonyl (C=O) groups is 1. The van der Waals surface area contributed by atoms with Crippen LogP contribution in [-0.2, 0) is 4.79 Å². The Balaban J connectivity index is 3.94. The van der Waals surface area contributed by atoms with E-state index in [9.17, 15) is 4.79 Å². The van der Waals surface area contributed by atoms with Gasteiger partial charge >= 0.3 is 0 Å². The predicted molar refractivity (Wildman–Crippen MR) is 74.0 cm³/mol. The van der Waals surface area contributed by atoms with Crippen LogP contribution in [0, 0.1) is 11.8 Å². The van der Waals surface area contributed by atoms with Crippen molar-refractivity contribution in [2.45, 2.75) is 53.0 Å². The molecule has 0 aromatic heterocycles.